The van der Waals surface area contributed by atoms with Crippen LogP contribution in [-0.2, 0) is 4.79 Å². The van der Waals surface area contributed by atoms with Crippen molar-refractivity contribution in [2.75, 3.05) is 51.2 Å². The molecule has 3 N–H and O–H groups in total. The smallest absolute Gasteiger partial charge is 0.279 e. The second kappa shape index (κ2) is 9.31. The molecular weight excluding hydrogens is 333 g/mol. The van der Waals surface area contributed by atoms with E-state index in [1.807, 2.05) is 30.3 Å². The predicted molar refractivity (Wildman–Crippen MR) is 98.1 cm³/mol. The highest BCUT2D eigenvalue weighted by Gasteiger charge is 2.24. The van der Waals surface area contributed by atoms with Gasteiger partial charge < -0.3 is 19.9 Å². The normalized spacial score (nSPS) is 19.7. The maximum Gasteiger partial charge on any atom is 0.279 e. The Balaban J connectivity index is 1.33. The van der Waals surface area contributed by atoms with E-state index >= 15 is 0 Å². The second-order valence-corrected chi connectivity index (χ2v) is 6.65. The Morgan fingerprint density at radius 3 is 2.46 bits per heavy atom. The molecule has 26 heavy (non-hydrogen) atoms. The van der Waals surface area contributed by atoms with Gasteiger partial charge in [-0.15, -0.1) is 0 Å². The lowest BCUT2D eigenvalue weighted by Gasteiger charge is -2.29. The Morgan fingerprint density at radius 1 is 1.00 bits per heavy atom. The van der Waals surface area contributed by atoms with Crippen LogP contribution >= 0.6 is 0 Å². The number of ether oxygens (including phenoxy) is 1. The molecular formula is C20H26FN3O2+2. The van der Waals surface area contributed by atoms with Crippen LogP contribution in [0.5, 0.6) is 5.75 Å². The molecule has 1 aliphatic heterocycles. The van der Waals surface area contributed by atoms with Crippen LogP contribution in [0.4, 0.5) is 10.1 Å². The van der Waals surface area contributed by atoms with Gasteiger partial charge in [-0.2, -0.15) is 0 Å². The highest BCUT2D eigenvalue weighted by molar-refractivity contribution is 5.91. The fraction of sp³-hybridized carbons (Fsp3) is 0.350. The van der Waals surface area contributed by atoms with Crippen molar-refractivity contribution < 1.29 is 23.7 Å². The molecule has 2 aromatic rings. The molecule has 3 rings (SSSR count). The Kier molecular flexibility index (Phi) is 6.57. The molecule has 1 amide bonds. The summed E-state index contributed by atoms with van der Waals surface area (Å²) in [7, 11) is 0. The number of hydrogen-bond donors (Lipinski definition) is 3. The van der Waals surface area contributed by atoms with Crippen LogP contribution in [0.1, 0.15) is 0 Å². The maximum absolute atomic E-state index is 13.2. The van der Waals surface area contributed by atoms with Crippen LogP contribution in [0.15, 0.2) is 54.6 Å². The average molecular weight is 359 g/mol. The van der Waals surface area contributed by atoms with Gasteiger partial charge in [-0.1, -0.05) is 24.3 Å². The number of piperazine rings is 1. The summed E-state index contributed by atoms with van der Waals surface area (Å²) in [6.07, 6.45) is 0. The van der Waals surface area contributed by atoms with Gasteiger partial charge in [0, 0.05) is 5.69 Å². The SMILES string of the molecule is O=C(C[NH+]1CC[NH+](CCOc2ccccc2)CC1)Nc1cccc(F)c1. The largest absolute Gasteiger partial charge is 0.488 e. The number of carbonyl (C=O) groups is 1. The minimum Gasteiger partial charge on any atom is -0.488 e. The van der Waals surface area contributed by atoms with Gasteiger partial charge >= 0.3 is 0 Å². The zero-order valence-corrected chi connectivity index (χ0v) is 14.8. The number of benzene rings is 2. The van der Waals surface area contributed by atoms with Crippen LogP contribution in [0.3, 0.4) is 0 Å². The van der Waals surface area contributed by atoms with Crippen molar-refractivity contribution in [3.8, 4) is 5.75 Å². The number of para-hydroxylation sites is 1. The Hall–Kier alpha value is -2.44. The molecule has 138 valence electrons. The first-order valence-corrected chi connectivity index (χ1v) is 9.09. The van der Waals surface area contributed by atoms with E-state index in [0.29, 0.717) is 18.8 Å². The van der Waals surface area contributed by atoms with Gasteiger partial charge in [-0.05, 0) is 30.3 Å². The second-order valence-electron chi connectivity index (χ2n) is 6.65. The van der Waals surface area contributed by atoms with Crippen molar-refractivity contribution in [2.24, 2.45) is 0 Å². The highest BCUT2D eigenvalue weighted by Crippen LogP contribution is 2.08. The number of amides is 1. The molecule has 0 spiro atoms. The van der Waals surface area contributed by atoms with Gasteiger partial charge in [0.25, 0.3) is 5.91 Å². The first-order chi connectivity index (χ1) is 12.7. The maximum atomic E-state index is 13.2. The van der Waals surface area contributed by atoms with Gasteiger partial charge in [0.15, 0.2) is 6.54 Å². The van der Waals surface area contributed by atoms with Crippen LogP contribution < -0.4 is 19.9 Å². The average Bonchev–Trinajstić information content (AvgIpc) is 2.64. The van der Waals surface area contributed by atoms with Gasteiger partial charge in [0.05, 0.1) is 0 Å². The molecule has 2 aromatic carbocycles. The Morgan fingerprint density at radius 2 is 1.73 bits per heavy atom. The topological polar surface area (TPSA) is 47.2 Å². The van der Waals surface area contributed by atoms with E-state index in [1.165, 1.54) is 21.9 Å². The number of quaternary nitrogens is 2. The first-order valence-electron chi connectivity index (χ1n) is 9.09. The van der Waals surface area contributed by atoms with E-state index in [-0.39, 0.29) is 11.7 Å². The number of nitrogens with one attached hydrogen (secondary N) is 3. The van der Waals surface area contributed by atoms with Crippen molar-refractivity contribution in [1.82, 2.24) is 0 Å². The lowest BCUT2D eigenvalue weighted by molar-refractivity contribution is -1.01. The Labute approximate surface area is 153 Å². The number of halogens is 1. The molecule has 0 atom stereocenters. The van der Waals surface area contributed by atoms with Crippen LogP contribution in [0, 0.1) is 5.82 Å². The van der Waals surface area contributed by atoms with Crippen molar-refractivity contribution in [3.63, 3.8) is 0 Å². The fourth-order valence-corrected chi connectivity index (χ4v) is 3.21. The molecule has 0 aromatic heterocycles. The summed E-state index contributed by atoms with van der Waals surface area (Å²) in [6, 6.07) is 15.8. The summed E-state index contributed by atoms with van der Waals surface area (Å²) in [5, 5.41) is 2.77. The molecule has 1 heterocycles. The van der Waals surface area contributed by atoms with E-state index in [4.69, 9.17) is 4.74 Å². The third kappa shape index (κ3) is 5.82. The summed E-state index contributed by atoms with van der Waals surface area (Å²) in [6.45, 7) is 6.06. The molecule has 0 saturated carbocycles. The molecule has 0 radical (unpaired) electrons. The zero-order valence-electron chi connectivity index (χ0n) is 14.8. The molecule has 0 unspecified atom stereocenters. The summed E-state index contributed by atoms with van der Waals surface area (Å²) in [5.41, 5.74) is 0.511. The van der Waals surface area contributed by atoms with Crippen LogP contribution in [0.25, 0.3) is 0 Å². The minimum atomic E-state index is -0.343. The molecule has 1 aliphatic rings. The highest BCUT2D eigenvalue weighted by atomic mass is 19.1. The van der Waals surface area contributed by atoms with E-state index in [0.717, 1.165) is 38.5 Å². The van der Waals surface area contributed by atoms with Crippen molar-refractivity contribution >= 4 is 11.6 Å². The quantitative estimate of drug-likeness (QED) is 0.632. The Bertz CT molecular complexity index is 703. The summed E-state index contributed by atoms with van der Waals surface area (Å²) >= 11 is 0. The van der Waals surface area contributed by atoms with Gasteiger partial charge in [-0.3, -0.25) is 4.79 Å². The third-order valence-corrected chi connectivity index (χ3v) is 4.65. The molecule has 1 saturated heterocycles. The standard InChI is InChI=1S/C20H24FN3O2/c21-17-5-4-6-18(15-17)22-20(25)16-24-11-9-23(10-12-24)13-14-26-19-7-2-1-3-8-19/h1-8,15H,9-14,16H2,(H,22,25)/p+2. The first kappa shape index (κ1) is 18.4. The number of rotatable bonds is 7. The summed E-state index contributed by atoms with van der Waals surface area (Å²) in [5.74, 6) is 0.497. The molecule has 0 aliphatic carbocycles. The van der Waals surface area contributed by atoms with Gasteiger partial charge in [0.2, 0.25) is 0 Å². The van der Waals surface area contributed by atoms with E-state index < -0.39 is 0 Å². The number of hydrogen-bond acceptors (Lipinski definition) is 2. The van der Waals surface area contributed by atoms with Gasteiger partial charge in [0.1, 0.15) is 50.9 Å². The lowest BCUT2D eigenvalue weighted by atomic mass is 10.3. The van der Waals surface area contributed by atoms with Crippen LogP contribution in [-0.4, -0.2) is 51.8 Å². The molecule has 1 fully saturated rings. The molecule has 0 bridgehead atoms. The van der Waals surface area contributed by atoms with Crippen LogP contribution in [0.2, 0.25) is 0 Å². The van der Waals surface area contributed by atoms with Crippen molar-refractivity contribution in [3.05, 3.63) is 60.4 Å². The van der Waals surface area contributed by atoms with Crippen molar-refractivity contribution in [2.45, 2.75) is 0 Å². The summed E-state index contributed by atoms with van der Waals surface area (Å²) in [4.78, 5) is 14.9. The predicted octanol–water partition coefficient (Wildman–Crippen LogP) is -0.373. The molecule has 6 heteroatoms. The van der Waals surface area contributed by atoms with Crippen molar-refractivity contribution in [1.29, 1.82) is 0 Å². The zero-order chi connectivity index (χ0) is 18.2. The third-order valence-electron chi connectivity index (χ3n) is 4.65. The monoisotopic (exact) mass is 359 g/mol. The van der Waals surface area contributed by atoms with E-state index in [9.17, 15) is 9.18 Å². The number of anilines is 1. The minimum absolute atomic E-state index is 0.0681. The van der Waals surface area contributed by atoms with E-state index in [2.05, 4.69) is 5.32 Å². The van der Waals surface area contributed by atoms with Gasteiger partial charge in [-0.25, -0.2) is 4.39 Å². The molecule has 5 nitrogen and oxygen atoms in total. The van der Waals surface area contributed by atoms with E-state index in [1.54, 1.807) is 12.1 Å². The number of carbonyl (C=O) groups excluding carboxylic acids is 1. The summed E-state index contributed by atoms with van der Waals surface area (Å²) < 4.78 is 18.9. The lowest BCUT2D eigenvalue weighted by Crippen LogP contribution is -3.28. The fourth-order valence-electron chi connectivity index (χ4n) is 3.21.